The summed E-state index contributed by atoms with van der Waals surface area (Å²) in [5.41, 5.74) is 8.17. The lowest BCUT2D eigenvalue weighted by Gasteiger charge is -2.06. The average molecular weight is 476 g/mol. The molecule has 1 amide bonds. The van der Waals surface area contributed by atoms with Crippen LogP contribution in [0.2, 0.25) is 5.02 Å². The highest BCUT2D eigenvalue weighted by atomic mass is 35.5. The van der Waals surface area contributed by atoms with Gasteiger partial charge in [0.15, 0.2) is 5.16 Å². The predicted octanol–water partition coefficient (Wildman–Crippen LogP) is 7.44. The number of rotatable bonds is 7. The van der Waals surface area contributed by atoms with Crippen LogP contribution in [0.1, 0.15) is 23.1 Å². The van der Waals surface area contributed by atoms with E-state index in [1.54, 1.807) is 17.8 Å². The molecule has 33 heavy (non-hydrogen) atoms. The number of amides is 1. The van der Waals surface area contributed by atoms with Gasteiger partial charge >= 0.3 is 0 Å². The molecule has 6 heteroatoms. The highest BCUT2D eigenvalue weighted by Gasteiger charge is 2.15. The van der Waals surface area contributed by atoms with Crippen LogP contribution in [-0.2, 0) is 4.79 Å². The number of carbonyl (C=O) groups is 1. The summed E-state index contributed by atoms with van der Waals surface area (Å²) in [7, 11) is 0. The normalized spacial score (nSPS) is 10.9. The molecule has 3 aromatic carbocycles. The second-order valence-electron chi connectivity index (χ2n) is 8.11. The maximum Gasteiger partial charge on any atom is 0.225 e. The van der Waals surface area contributed by atoms with Gasteiger partial charge in [0.2, 0.25) is 5.91 Å². The van der Waals surface area contributed by atoms with Crippen molar-refractivity contribution in [3.63, 3.8) is 0 Å². The summed E-state index contributed by atoms with van der Waals surface area (Å²) in [5.74, 6) is 0.561. The number of nitrogens with zero attached hydrogens (tertiary/aromatic N) is 1. The molecule has 0 bridgehead atoms. The number of hydrogen-bond acceptors (Lipinski definition) is 3. The van der Waals surface area contributed by atoms with Crippen LogP contribution in [-0.4, -0.2) is 21.6 Å². The molecular weight excluding hydrogens is 450 g/mol. The summed E-state index contributed by atoms with van der Waals surface area (Å²) in [6, 6.07) is 22.3. The van der Waals surface area contributed by atoms with E-state index in [0.29, 0.717) is 22.9 Å². The van der Waals surface area contributed by atoms with Crippen molar-refractivity contribution in [1.29, 1.82) is 0 Å². The molecule has 4 aromatic rings. The van der Waals surface area contributed by atoms with Crippen LogP contribution in [0.15, 0.2) is 71.9 Å². The number of aromatic nitrogens is 2. The van der Waals surface area contributed by atoms with Crippen molar-refractivity contribution < 1.29 is 4.79 Å². The molecule has 2 N–H and O–H groups in total. The molecule has 1 aromatic heterocycles. The Bertz CT molecular complexity index is 1200. The zero-order chi connectivity index (χ0) is 23.4. The Morgan fingerprint density at radius 3 is 2.21 bits per heavy atom. The maximum absolute atomic E-state index is 12.4. The zero-order valence-corrected chi connectivity index (χ0v) is 20.5. The number of aromatic amines is 1. The van der Waals surface area contributed by atoms with Crippen LogP contribution in [0.4, 0.5) is 5.69 Å². The molecule has 0 atom stereocenters. The van der Waals surface area contributed by atoms with Crippen LogP contribution >= 0.6 is 23.4 Å². The first-order valence-electron chi connectivity index (χ1n) is 10.8. The van der Waals surface area contributed by atoms with Gasteiger partial charge in [-0.05, 0) is 38.5 Å². The van der Waals surface area contributed by atoms with Gasteiger partial charge in [-0.3, -0.25) is 4.79 Å². The number of benzene rings is 3. The molecule has 0 unspecified atom stereocenters. The number of thioether (sulfide) groups is 1. The van der Waals surface area contributed by atoms with Crippen molar-refractivity contribution in [1.82, 2.24) is 9.97 Å². The van der Waals surface area contributed by atoms with E-state index in [-0.39, 0.29) is 5.91 Å². The number of imidazole rings is 1. The molecule has 168 valence electrons. The molecule has 0 aliphatic rings. The van der Waals surface area contributed by atoms with Gasteiger partial charge in [-0.15, -0.1) is 0 Å². The third kappa shape index (κ3) is 5.86. The van der Waals surface area contributed by atoms with E-state index in [0.717, 1.165) is 33.2 Å². The third-order valence-corrected chi connectivity index (χ3v) is 6.65. The Morgan fingerprint density at radius 2 is 1.58 bits per heavy atom. The average Bonchev–Trinajstić information content (AvgIpc) is 3.21. The summed E-state index contributed by atoms with van der Waals surface area (Å²) < 4.78 is 0. The number of anilines is 1. The Labute approximate surface area is 203 Å². The highest BCUT2D eigenvalue weighted by molar-refractivity contribution is 7.99. The molecular formula is C27H26ClN3OS. The molecule has 0 spiro atoms. The minimum absolute atomic E-state index is 0.0495. The Kier molecular flexibility index (Phi) is 7.21. The minimum atomic E-state index is -0.0495. The quantitative estimate of drug-likeness (QED) is 0.273. The van der Waals surface area contributed by atoms with Crippen molar-refractivity contribution in [2.24, 2.45) is 0 Å². The number of carbonyl (C=O) groups excluding carboxylic acids is 1. The lowest BCUT2D eigenvalue weighted by molar-refractivity contribution is -0.115. The van der Waals surface area contributed by atoms with Crippen molar-refractivity contribution >= 4 is 35.0 Å². The molecule has 0 fully saturated rings. The number of hydrogen-bond donors (Lipinski definition) is 2. The fraction of sp³-hybridized carbons (Fsp3) is 0.185. The van der Waals surface area contributed by atoms with Crippen LogP contribution < -0.4 is 5.32 Å². The fourth-order valence-electron chi connectivity index (χ4n) is 3.40. The van der Waals surface area contributed by atoms with E-state index >= 15 is 0 Å². The fourth-order valence-corrected chi connectivity index (χ4v) is 4.40. The topological polar surface area (TPSA) is 57.8 Å². The van der Waals surface area contributed by atoms with Gasteiger partial charge in [-0.2, -0.15) is 0 Å². The van der Waals surface area contributed by atoms with Gasteiger partial charge in [-0.1, -0.05) is 89.1 Å². The summed E-state index contributed by atoms with van der Waals surface area (Å²) in [5, 5.41) is 4.35. The van der Waals surface area contributed by atoms with Crippen molar-refractivity contribution in [2.45, 2.75) is 32.3 Å². The largest absolute Gasteiger partial charge is 0.332 e. The first-order chi connectivity index (χ1) is 15.9. The van der Waals surface area contributed by atoms with Gasteiger partial charge in [0.05, 0.1) is 11.4 Å². The number of halogens is 1. The Morgan fingerprint density at radius 1 is 0.939 bits per heavy atom. The van der Waals surface area contributed by atoms with Crippen molar-refractivity contribution in [3.8, 4) is 22.5 Å². The predicted molar refractivity (Wildman–Crippen MR) is 139 cm³/mol. The second kappa shape index (κ2) is 10.3. The zero-order valence-electron chi connectivity index (χ0n) is 18.9. The highest BCUT2D eigenvalue weighted by Crippen LogP contribution is 2.33. The molecule has 0 aliphatic carbocycles. The van der Waals surface area contributed by atoms with Gasteiger partial charge in [0, 0.05) is 34.0 Å². The second-order valence-corrected chi connectivity index (χ2v) is 9.60. The number of H-pyrrole nitrogens is 1. The molecule has 1 heterocycles. The van der Waals surface area contributed by atoms with Gasteiger partial charge in [-0.25, -0.2) is 4.98 Å². The number of nitrogens with one attached hydrogen (secondary N) is 2. The van der Waals surface area contributed by atoms with Gasteiger partial charge in [0.25, 0.3) is 0 Å². The molecule has 0 aliphatic heterocycles. The van der Waals surface area contributed by atoms with E-state index in [9.17, 15) is 4.79 Å². The van der Waals surface area contributed by atoms with Crippen LogP contribution in [0.5, 0.6) is 0 Å². The van der Waals surface area contributed by atoms with Crippen LogP contribution in [0, 0.1) is 20.8 Å². The van der Waals surface area contributed by atoms with Crippen molar-refractivity contribution in [3.05, 3.63) is 88.4 Å². The lowest BCUT2D eigenvalue weighted by Crippen LogP contribution is -2.12. The molecule has 4 nitrogen and oxygen atoms in total. The standard InChI is InChI=1S/C27H26ClN3OS/c1-17-4-9-20(10-5-17)25-26(21-11-6-18(2)7-12-21)31-27(30-25)33-15-14-24(32)29-22-13-8-19(3)23(28)16-22/h4-13,16H,14-15H2,1-3H3,(H,29,32)(H,30,31). The van der Waals surface area contributed by atoms with Crippen molar-refractivity contribution in [2.75, 3.05) is 11.1 Å². The summed E-state index contributed by atoms with van der Waals surface area (Å²) in [6.07, 6.45) is 0.372. The lowest BCUT2D eigenvalue weighted by atomic mass is 10.0. The van der Waals surface area contributed by atoms with Gasteiger partial charge < -0.3 is 10.3 Å². The van der Waals surface area contributed by atoms with Crippen LogP contribution in [0.25, 0.3) is 22.5 Å². The summed E-state index contributed by atoms with van der Waals surface area (Å²) >= 11 is 7.69. The van der Waals surface area contributed by atoms with E-state index in [1.807, 2.05) is 19.1 Å². The summed E-state index contributed by atoms with van der Waals surface area (Å²) in [6.45, 7) is 6.09. The molecule has 0 radical (unpaired) electrons. The first kappa shape index (κ1) is 23.1. The molecule has 0 saturated heterocycles. The molecule has 0 saturated carbocycles. The smallest absolute Gasteiger partial charge is 0.225 e. The SMILES string of the molecule is Cc1ccc(-c2nc(SCCC(=O)Nc3ccc(C)c(Cl)c3)[nH]c2-c2ccc(C)cc2)cc1. The third-order valence-electron chi connectivity index (χ3n) is 5.37. The monoisotopic (exact) mass is 475 g/mol. The Balaban J connectivity index is 1.47. The van der Waals surface area contributed by atoms with E-state index < -0.39 is 0 Å². The van der Waals surface area contributed by atoms with E-state index in [4.69, 9.17) is 16.6 Å². The van der Waals surface area contributed by atoms with Gasteiger partial charge in [0.1, 0.15) is 0 Å². The number of aryl methyl sites for hydroxylation is 3. The summed E-state index contributed by atoms with van der Waals surface area (Å²) in [4.78, 5) is 20.7. The minimum Gasteiger partial charge on any atom is -0.332 e. The van der Waals surface area contributed by atoms with E-state index in [1.165, 1.54) is 11.1 Å². The Hall–Kier alpha value is -3.02. The molecule has 4 rings (SSSR count). The first-order valence-corrected chi connectivity index (χ1v) is 12.2. The maximum atomic E-state index is 12.4. The van der Waals surface area contributed by atoms with E-state index in [2.05, 4.69) is 72.7 Å². The van der Waals surface area contributed by atoms with Crippen LogP contribution in [0.3, 0.4) is 0 Å².